The van der Waals surface area contributed by atoms with Gasteiger partial charge in [0, 0.05) is 32.7 Å². The fourth-order valence-electron chi connectivity index (χ4n) is 4.56. The van der Waals surface area contributed by atoms with Crippen molar-refractivity contribution in [2.45, 2.75) is 40.7 Å². The third-order valence-corrected chi connectivity index (χ3v) is 8.47. The zero-order chi connectivity index (χ0) is 20.1. The number of hydrogen-bond acceptors (Lipinski definition) is 4. The van der Waals surface area contributed by atoms with Gasteiger partial charge in [-0.1, -0.05) is 42.5 Å². The van der Waals surface area contributed by atoms with E-state index in [4.69, 9.17) is 4.74 Å². The Kier molecular flexibility index (Phi) is 6.56. The molecule has 0 radical (unpaired) electrons. The minimum atomic E-state index is -0.221. The van der Waals surface area contributed by atoms with Gasteiger partial charge in [-0.2, -0.15) is 0 Å². The van der Waals surface area contributed by atoms with Crippen LogP contribution in [0.15, 0.2) is 82.2 Å². The molecule has 4 rings (SSSR count). The summed E-state index contributed by atoms with van der Waals surface area (Å²) in [6, 6.07) is 21.3. The Morgan fingerprint density at radius 1 is 1.10 bits per heavy atom. The summed E-state index contributed by atoms with van der Waals surface area (Å²) in [6.07, 6.45) is 6.25. The predicted molar refractivity (Wildman–Crippen MR) is 121 cm³/mol. The Hall–Kier alpha value is -1.85. The quantitative estimate of drug-likeness (QED) is 0.496. The molecular weight excluding hydrogens is 398 g/mol. The molecule has 3 nitrogen and oxygen atoms in total. The Morgan fingerprint density at radius 2 is 1.79 bits per heavy atom. The van der Waals surface area contributed by atoms with E-state index in [9.17, 15) is 4.79 Å². The first-order chi connectivity index (χ1) is 14.2. The third kappa shape index (κ3) is 4.36. The average molecular weight is 426 g/mol. The summed E-state index contributed by atoms with van der Waals surface area (Å²) < 4.78 is 5.10. The van der Waals surface area contributed by atoms with Gasteiger partial charge in [0.2, 0.25) is 0 Å². The van der Waals surface area contributed by atoms with E-state index >= 15 is 0 Å². The van der Waals surface area contributed by atoms with E-state index in [1.807, 2.05) is 28.4 Å². The molecule has 0 saturated carbocycles. The van der Waals surface area contributed by atoms with Gasteiger partial charge in [0.1, 0.15) is 0 Å². The number of fused-ring (bicyclic) bond motifs is 1. The molecule has 0 N–H and O–H groups in total. The Balaban J connectivity index is 1.57. The van der Waals surface area contributed by atoms with Crippen molar-refractivity contribution >= 4 is 29.6 Å². The van der Waals surface area contributed by atoms with Crippen molar-refractivity contribution in [3.05, 3.63) is 72.4 Å². The number of thioether (sulfide) groups is 2. The van der Waals surface area contributed by atoms with Gasteiger partial charge in [-0.3, -0.25) is 4.90 Å². The molecule has 2 aliphatic rings. The number of benzene rings is 2. The molecule has 2 aromatic rings. The number of hydrogen-bond donors (Lipinski definition) is 0. The smallest absolute Gasteiger partial charge is 0.413 e. The molecule has 1 heterocycles. The molecule has 2 atom stereocenters. The van der Waals surface area contributed by atoms with E-state index in [0.29, 0.717) is 5.25 Å². The van der Waals surface area contributed by atoms with Crippen molar-refractivity contribution in [3.63, 3.8) is 0 Å². The molecule has 5 heteroatoms. The highest BCUT2D eigenvalue weighted by Gasteiger charge is 2.50. The average Bonchev–Trinajstić information content (AvgIpc) is 3.20. The number of piperidine rings is 1. The summed E-state index contributed by atoms with van der Waals surface area (Å²) in [6.45, 7) is 0.733. The maximum atomic E-state index is 12.5. The number of nitrogens with zero attached hydrogens (tertiary/aromatic N) is 1. The van der Waals surface area contributed by atoms with Crippen LogP contribution in [0.1, 0.15) is 25.7 Å². The fourth-order valence-corrected chi connectivity index (χ4v) is 7.06. The number of ether oxygens (including phenoxy) is 1. The molecule has 1 amide bonds. The van der Waals surface area contributed by atoms with E-state index in [1.165, 1.54) is 22.6 Å². The first-order valence-corrected chi connectivity index (χ1v) is 12.1. The molecule has 0 spiro atoms. The number of carbonyl (C=O) groups excluding carboxylic acids is 1. The summed E-state index contributed by atoms with van der Waals surface area (Å²) in [5.41, 5.74) is 1.21. The van der Waals surface area contributed by atoms with Gasteiger partial charge in [0.25, 0.3) is 0 Å². The van der Waals surface area contributed by atoms with Gasteiger partial charge in [0.05, 0.1) is 7.11 Å². The summed E-state index contributed by atoms with van der Waals surface area (Å²) in [5, 5.41) is 0.468. The summed E-state index contributed by atoms with van der Waals surface area (Å²) >= 11 is 3.89. The Morgan fingerprint density at radius 3 is 2.48 bits per heavy atom. The van der Waals surface area contributed by atoms with Crippen molar-refractivity contribution < 1.29 is 9.53 Å². The van der Waals surface area contributed by atoms with Gasteiger partial charge < -0.3 is 4.74 Å². The lowest BCUT2D eigenvalue weighted by Gasteiger charge is -2.47. The number of allylic oxidation sites excluding steroid dienone is 2. The van der Waals surface area contributed by atoms with Gasteiger partial charge in [-0.25, -0.2) is 4.79 Å². The number of rotatable bonds is 6. The molecule has 152 valence electrons. The largest absolute Gasteiger partial charge is 0.452 e. The van der Waals surface area contributed by atoms with Crippen molar-refractivity contribution in [2.75, 3.05) is 19.4 Å². The maximum absolute atomic E-state index is 12.5. The topological polar surface area (TPSA) is 29.5 Å². The van der Waals surface area contributed by atoms with Gasteiger partial charge in [0.15, 0.2) is 0 Å². The second kappa shape index (κ2) is 9.31. The summed E-state index contributed by atoms with van der Waals surface area (Å²) in [4.78, 5) is 17.0. The number of methoxy groups -OCH3 is 1. The normalized spacial score (nSPS) is 23.4. The Bertz CT molecular complexity index is 856. The molecule has 1 aliphatic carbocycles. The van der Waals surface area contributed by atoms with E-state index in [2.05, 4.69) is 66.7 Å². The molecule has 2 aromatic carbocycles. The van der Waals surface area contributed by atoms with Gasteiger partial charge in [-0.15, -0.1) is 23.5 Å². The van der Waals surface area contributed by atoms with E-state index in [1.54, 1.807) is 0 Å². The van der Waals surface area contributed by atoms with Crippen LogP contribution in [0.25, 0.3) is 0 Å². The van der Waals surface area contributed by atoms with E-state index in [0.717, 1.165) is 38.0 Å². The highest BCUT2D eigenvalue weighted by molar-refractivity contribution is 8.00. The van der Waals surface area contributed by atoms with Crippen LogP contribution < -0.4 is 0 Å². The molecule has 0 unspecified atom stereocenters. The molecule has 1 aliphatic heterocycles. The summed E-state index contributed by atoms with van der Waals surface area (Å²) in [7, 11) is 1.48. The van der Waals surface area contributed by atoms with Crippen LogP contribution in [0, 0.1) is 5.41 Å². The zero-order valence-electron chi connectivity index (χ0n) is 16.8. The lowest BCUT2D eigenvalue weighted by Crippen LogP contribution is -2.49. The fraction of sp³-hybridized carbons (Fsp3) is 0.375. The maximum Gasteiger partial charge on any atom is 0.413 e. The highest BCUT2D eigenvalue weighted by Crippen LogP contribution is 2.56. The lowest BCUT2D eigenvalue weighted by molar-refractivity contribution is 0.106. The van der Waals surface area contributed by atoms with E-state index < -0.39 is 0 Å². The van der Waals surface area contributed by atoms with E-state index in [-0.39, 0.29) is 11.5 Å². The first kappa shape index (κ1) is 20.4. The number of likely N-dealkylation sites (tertiary alicyclic amines) is 1. The minimum Gasteiger partial charge on any atom is -0.452 e. The third-order valence-electron chi connectivity index (χ3n) is 5.94. The van der Waals surface area contributed by atoms with Crippen LogP contribution in [-0.4, -0.2) is 35.7 Å². The standard InChI is InChI=1S/C24H27NO2S2/c1-27-23(26)25-17-14-22(29-20-11-6-3-7-12-20)24(15-8-13-21(24)25)16-18-28-19-9-4-2-5-10-19/h2-7,9-13,22H,8,14-18H2,1H3/t22-,24-/m0/s1. The van der Waals surface area contributed by atoms with Crippen molar-refractivity contribution in [2.24, 2.45) is 5.41 Å². The second-order valence-corrected chi connectivity index (χ2v) is 9.97. The number of carbonyl (C=O) groups is 1. The molecule has 0 aromatic heterocycles. The SMILES string of the molecule is COC(=O)N1CC[C@H](Sc2ccccc2)[C@]2(CCSc3ccccc3)CCC=C12. The van der Waals surface area contributed by atoms with Crippen molar-refractivity contribution in [1.82, 2.24) is 4.90 Å². The van der Waals surface area contributed by atoms with Crippen LogP contribution in [0.2, 0.25) is 0 Å². The highest BCUT2D eigenvalue weighted by atomic mass is 32.2. The molecule has 0 bridgehead atoms. The predicted octanol–water partition coefficient (Wildman–Crippen LogP) is 6.47. The first-order valence-electron chi connectivity index (χ1n) is 10.2. The monoisotopic (exact) mass is 425 g/mol. The van der Waals surface area contributed by atoms with Crippen molar-refractivity contribution in [3.8, 4) is 0 Å². The minimum absolute atomic E-state index is 0.0225. The summed E-state index contributed by atoms with van der Waals surface area (Å²) in [5.74, 6) is 1.04. The molecule has 1 fully saturated rings. The van der Waals surface area contributed by atoms with Gasteiger partial charge in [-0.05, 0) is 55.7 Å². The van der Waals surface area contributed by atoms with Gasteiger partial charge >= 0.3 is 6.09 Å². The molecule has 1 saturated heterocycles. The Labute approximate surface area is 181 Å². The van der Waals surface area contributed by atoms with Crippen molar-refractivity contribution in [1.29, 1.82) is 0 Å². The lowest BCUT2D eigenvalue weighted by atomic mass is 9.74. The van der Waals surface area contributed by atoms with Crippen LogP contribution >= 0.6 is 23.5 Å². The van der Waals surface area contributed by atoms with Crippen LogP contribution in [0.4, 0.5) is 4.79 Å². The molecular formula is C24H27NO2S2. The second-order valence-electron chi connectivity index (χ2n) is 7.53. The van der Waals surface area contributed by atoms with Crippen LogP contribution in [0.3, 0.4) is 0 Å². The number of amides is 1. The molecule has 29 heavy (non-hydrogen) atoms. The van der Waals surface area contributed by atoms with Crippen LogP contribution in [0.5, 0.6) is 0 Å². The van der Waals surface area contributed by atoms with Crippen LogP contribution in [-0.2, 0) is 4.74 Å². The zero-order valence-corrected chi connectivity index (χ0v) is 18.4.